The number of hydrogen-bond acceptors (Lipinski definition) is 2. The summed E-state index contributed by atoms with van der Waals surface area (Å²) < 4.78 is 7.72. The lowest BCUT2D eigenvalue weighted by atomic mass is 10.0. The summed E-state index contributed by atoms with van der Waals surface area (Å²) in [6, 6.07) is 8.68. The van der Waals surface area contributed by atoms with E-state index in [4.69, 9.17) is 9.22 Å². The number of rotatable bonds is 36. The third-order valence-corrected chi connectivity index (χ3v) is 21.4. The molecule has 0 heterocycles. The molecule has 0 aliphatic carbocycles. The molecule has 0 aromatic rings. The minimum Gasteiger partial charge on any atom is -0.455 e. The molecule has 0 saturated carbocycles. The van der Waals surface area contributed by atoms with E-state index in [1.54, 1.807) is 0 Å². The molecule has 4 heteroatoms. The zero-order valence-electron chi connectivity index (χ0n) is 33.6. The molecule has 0 unspecified atom stereocenters. The van der Waals surface area contributed by atoms with Crippen molar-refractivity contribution in [2.24, 2.45) is 0 Å². The molecule has 0 bridgehead atoms. The van der Waals surface area contributed by atoms with Crippen molar-refractivity contribution >= 4 is 16.6 Å². The van der Waals surface area contributed by atoms with Gasteiger partial charge in [0, 0.05) is 6.61 Å². The predicted octanol–water partition coefficient (Wildman–Crippen LogP) is 15.9. The molecule has 46 heavy (non-hydrogen) atoms. The third kappa shape index (κ3) is 30.4. The van der Waals surface area contributed by atoms with Crippen molar-refractivity contribution < 1.29 is 9.22 Å². The van der Waals surface area contributed by atoms with Gasteiger partial charge in [-0.2, -0.15) is 0 Å². The Morgan fingerprint density at radius 3 is 0.674 bits per heavy atom. The van der Waals surface area contributed by atoms with E-state index in [9.17, 15) is 0 Å². The van der Waals surface area contributed by atoms with Gasteiger partial charge >= 0.3 is 0 Å². The standard InChI is InChI=1S/C24H54OSi2.C18H38O/c1-7-13-19-26(20-14-8-2,21-15-9-3)25-27(22-16-10-4,23-17-11-5)24-18-12-6;1-2-3-4-5-6-7-8-9-10-11-12-13-14-15-16-17-18-19/h7-24H2,1-6H3;19H,2-18H2,1H3. The Balaban J connectivity index is 0. The molecular formula is C42H92O2Si2. The van der Waals surface area contributed by atoms with Crippen LogP contribution in [0.4, 0.5) is 0 Å². The van der Waals surface area contributed by atoms with Crippen LogP contribution >= 0.6 is 0 Å². The fraction of sp³-hybridized carbons (Fsp3) is 1.00. The van der Waals surface area contributed by atoms with Gasteiger partial charge < -0.3 is 9.22 Å². The highest BCUT2D eigenvalue weighted by Gasteiger charge is 2.43. The van der Waals surface area contributed by atoms with E-state index >= 15 is 0 Å². The quantitative estimate of drug-likeness (QED) is 0.0526. The van der Waals surface area contributed by atoms with Crippen LogP contribution in [0.2, 0.25) is 36.3 Å². The number of hydrogen-bond donors (Lipinski definition) is 1. The zero-order valence-corrected chi connectivity index (χ0v) is 35.6. The summed E-state index contributed by atoms with van der Waals surface area (Å²) in [5.74, 6) is 0. The van der Waals surface area contributed by atoms with Crippen molar-refractivity contribution in [1.82, 2.24) is 0 Å². The number of unbranched alkanes of at least 4 members (excludes halogenated alkanes) is 21. The van der Waals surface area contributed by atoms with Crippen molar-refractivity contribution in [3.05, 3.63) is 0 Å². The van der Waals surface area contributed by atoms with E-state index in [2.05, 4.69) is 48.5 Å². The molecule has 0 fully saturated rings. The fourth-order valence-corrected chi connectivity index (χ4v) is 20.8. The lowest BCUT2D eigenvalue weighted by molar-refractivity contribution is 0.282. The maximum atomic E-state index is 8.67. The second kappa shape index (κ2) is 38.2. The zero-order chi connectivity index (χ0) is 34.5. The predicted molar refractivity (Wildman–Crippen MR) is 218 cm³/mol. The van der Waals surface area contributed by atoms with Crippen molar-refractivity contribution in [1.29, 1.82) is 0 Å². The molecule has 0 amide bonds. The Bertz CT molecular complexity index is 466. The van der Waals surface area contributed by atoms with Gasteiger partial charge in [0.2, 0.25) is 0 Å². The Morgan fingerprint density at radius 1 is 0.283 bits per heavy atom. The van der Waals surface area contributed by atoms with Crippen molar-refractivity contribution in [3.8, 4) is 0 Å². The van der Waals surface area contributed by atoms with Crippen molar-refractivity contribution in [2.45, 2.75) is 265 Å². The summed E-state index contributed by atoms with van der Waals surface area (Å²) in [7, 11) is -3.16. The molecule has 0 aromatic heterocycles. The molecule has 0 rings (SSSR count). The van der Waals surface area contributed by atoms with E-state index in [1.807, 2.05) is 0 Å². The number of aliphatic hydroxyl groups is 1. The van der Waals surface area contributed by atoms with Crippen molar-refractivity contribution in [2.75, 3.05) is 6.61 Å². The van der Waals surface area contributed by atoms with E-state index in [0.29, 0.717) is 6.61 Å². The summed E-state index contributed by atoms with van der Waals surface area (Å²) in [4.78, 5) is 0. The number of aliphatic hydroxyl groups excluding tert-OH is 1. The second-order valence-electron chi connectivity index (χ2n) is 15.1. The first-order valence-electron chi connectivity index (χ1n) is 21.8. The topological polar surface area (TPSA) is 29.5 Å². The van der Waals surface area contributed by atoms with Gasteiger partial charge in [0.05, 0.1) is 0 Å². The molecule has 280 valence electrons. The van der Waals surface area contributed by atoms with Gasteiger partial charge in [-0.25, -0.2) is 0 Å². The van der Waals surface area contributed by atoms with Crippen LogP contribution in [0.5, 0.6) is 0 Å². The molecule has 0 spiro atoms. The van der Waals surface area contributed by atoms with Crippen LogP contribution in [0.15, 0.2) is 0 Å². The summed E-state index contributed by atoms with van der Waals surface area (Å²) in [5, 5.41) is 8.67. The smallest absolute Gasteiger partial charge is 0.179 e. The highest BCUT2D eigenvalue weighted by atomic mass is 28.4. The van der Waals surface area contributed by atoms with Crippen molar-refractivity contribution in [3.63, 3.8) is 0 Å². The van der Waals surface area contributed by atoms with Crippen LogP contribution in [0.1, 0.15) is 228 Å². The molecule has 1 N–H and O–H groups in total. The van der Waals surface area contributed by atoms with Crippen LogP contribution in [-0.4, -0.2) is 28.3 Å². The van der Waals surface area contributed by atoms with Gasteiger partial charge in [-0.1, -0.05) is 222 Å². The van der Waals surface area contributed by atoms with Crippen LogP contribution in [0, 0.1) is 0 Å². The van der Waals surface area contributed by atoms with Gasteiger partial charge in [0.1, 0.15) is 0 Å². The molecular weight excluding hydrogens is 593 g/mol. The Morgan fingerprint density at radius 2 is 0.478 bits per heavy atom. The minimum absolute atomic E-state index is 0.373. The second-order valence-corrected chi connectivity index (χ2v) is 23.7. The van der Waals surface area contributed by atoms with Gasteiger partial charge in [-0.05, 0) is 42.7 Å². The third-order valence-electron chi connectivity index (χ3n) is 10.4. The Labute approximate surface area is 296 Å². The molecule has 0 aromatic carbocycles. The highest BCUT2D eigenvalue weighted by Crippen LogP contribution is 2.39. The van der Waals surface area contributed by atoms with Crippen LogP contribution in [0.3, 0.4) is 0 Å². The average molecular weight is 685 g/mol. The molecule has 0 aliphatic rings. The summed E-state index contributed by atoms with van der Waals surface area (Å²) in [6.45, 7) is 16.9. The monoisotopic (exact) mass is 685 g/mol. The normalized spacial score (nSPS) is 12.0. The lowest BCUT2D eigenvalue weighted by Gasteiger charge is -2.43. The summed E-state index contributed by atoms with van der Waals surface area (Å²) in [5.41, 5.74) is 0. The summed E-state index contributed by atoms with van der Waals surface area (Å²) in [6.07, 6.45) is 38.6. The van der Waals surface area contributed by atoms with Gasteiger partial charge in [0.15, 0.2) is 16.6 Å². The van der Waals surface area contributed by atoms with Gasteiger partial charge in [-0.3, -0.25) is 0 Å². The molecule has 0 aliphatic heterocycles. The Hall–Kier alpha value is 0.354. The average Bonchev–Trinajstić information content (AvgIpc) is 3.08. The fourth-order valence-electron chi connectivity index (χ4n) is 7.17. The van der Waals surface area contributed by atoms with E-state index in [1.165, 1.54) is 210 Å². The SMILES string of the molecule is CCCCCCCCCCCCCCCCCCO.CCCC[Si](CCCC)(CCCC)O[Si](CCCC)(CCCC)CCCC. The maximum absolute atomic E-state index is 8.67. The minimum atomic E-state index is -1.58. The van der Waals surface area contributed by atoms with Crippen LogP contribution in [-0.2, 0) is 4.12 Å². The highest BCUT2D eigenvalue weighted by molar-refractivity contribution is 6.87. The molecule has 0 atom stereocenters. The van der Waals surface area contributed by atoms with E-state index in [0.717, 1.165) is 6.42 Å². The first-order chi connectivity index (χ1) is 22.5. The largest absolute Gasteiger partial charge is 0.455 e. The van der Waals surface area contributed by atoms with Crippen LogP contribution < -0.4 is 0 Å². The van der Waals surface area contributed by atoms with Crippen LogP contribution in [0.25, 0.3) is 0 Å². The Kier molecular flexibility index (Phi) is 40.2. The van der Waals surface area contributed by atoms with Gasteiger partial charge in [0.25, 0.3) is 0 Å². The molecule has 0 radical (unpaired) electrons. The maximum Gasteiger partial charge on any atom is 0.179 e. The first-order valence-corrected chi connectivity index (χ1v) is 26.9. The molecule has 2 nitrogen and oxygen atoms in total. The summed E-state index contributed by atoms with van der Waals surface area (Å²) >= 11 is 0. The first kappa shape index (κ1) is 48.5. The van der Waals surface area contributed by atoms with Gasteiger partial charge in [-0.15, -0.1) is 0 Å². The van der Waals surface area contributed by atoms with E-state index in [-0.39, 0.29) is 0 Å². The lowest BCUT2D eigenvalue weighted by Crippen LogP contribution is -2.51. The van der Waals surface area contributed by atoms with E-state index < -0.39 is 16.6 Å². The molecule has 0 saturated heterocycles.